The van der Waals surface area contributed by atoms with Crippen molar-refractivity contribution in [3.05, 3.63) is 58.5 Å². The number of amides is 1. The summed E-state index contributed by atoms with van der Waals surface area (Å²) in [7, 11) is 0. The Bertz CT molecular complexity index is 1050. The molecule has 2 aromatic rings. The standard InChI is InChI=1S/C21H18ClF4N5O2/c22-18-9-16(21(24,25)26)12-28-20(18)31-7-5-30(6-8-31)19(32)13-33-29-11-15(10-27)14-1-3-17(23)4-2-14/h1-4,9,11-12,15H,5-8,13H2. The number of benzene rings is 1. The first-order valence-corrected chi connectivity index (χ1v) is 10.1. The highest BCUT2D eigenvalue weighted by molar-refractivity contribution is 6.33. The van der Waals surface area contributed by atoms with Crippen LogP contribution in [0.1, 0.15) is 17.0 Å². The van der Waals surface area contributed by atoms with Crippen LogP contribution >= 0.6 is 11.6 Å². The number of pyridine rings is 1. The number of oxime groups is 1. The molecule has 2 heterocycles. The van der Waals surface area contributed by atoms with E-state index in [2.05, 4.69) is 10.1 Å². The van der Waals surface area contributed by atoms with Crippen molar-refractivity contribution < 1.29 is 27.2 Å². The fourth-order valence-electron chi connectivity index (χ4n) is 3.14. The van der Waals surface area contributed by atoms with Crippen molar-refractivity contribution in [1.82, 2.24) is 9.88 Å². The molecule has 0 N–H and O–H groups in total. The number of alkyl halides is 3. The molecule has 1 amide bonds. The summed E-state index contributed by atoms with van der Waals surface area (Å²) >= 11 is 5.98. The predicted molar refractivity (Wildman–Crippen MR) is 112 cm³/mol. The van der Waals surface area contributed by atoms with Crippen LogP contribution in [0.15, 0.2) is 41.7 Å². The molecule has 1 aliphatic heterocycles. The molecule has 1 aliphatic rings. The van der Waals surface area contributed by atoms with Gasteiger partial charge in [0.15, 0.2) is 6.61 Å². The van der Waals surface area contributed by atoms with Crippen LogP contribution in [-0.2, 0) is 15.8 Å². The molecular weight excluding hydrogens is 466 g/mol. The second-order valence-corrected chi connectivity index (χ2v) is 7.49. The monoisotopic (exact) mass is 483 g/mol. The zero-order valence-electron chi connectivity index (χ0n) is 17.1. The number of hydrogen-bond donors (Lipinski definition) is 0. The first kappa shape index (κ1) is 24.3. The number of nitrogens with zero attached hydrogens (tertiary/aromatic N) is 5. The van der Waals surface area contributed by atoms with Gasteiger partial charge in [-0.3, -0.25) is 4.79 Å². The Labute approximate surface area is 191 Å². The Morgan fingerprint density at radius 1 is 1.27 bits per heavy atom. The summed E-state index contributed by atoms with van der Waals surface area (Å²) < 4.78 is 51.3. The van der Waals surface area contributed by atoms with E-state index in [-0.39, 0.29) is 23.4 Å². The molecule has 1 atom stereocenters. The van der Waals surface area contributed by atoms with E-state index in [1.54, 1.807) is 4.90 Å². The van der Waals surface area contributed by atoms with Crippen LogP contribution in [0, 0.1) is 17.1 Å². The zero-order valence-corrected chi connectivity index (χ0v) is 17.9. The Hall–Kier alpha value is -3.39. The highest BCUT2D eigenvalue weighted by Gasteiger charge is 2.32. The summed E-state index contributed by atoms with van der Waals surface area (Å²) in [6, 6.07) is 8.19. The minimum Gasteiger partial charge on any atom is -0.386 e. The number of carbonyl (C=O) groups excluding carboxylic acids is 1. The molecule has 174 valence electrons. The van der Waals surface area contributed by atoms with Crippen molar-refractivity contribution in [1.29, 1.82) is 5.26 Å². The molecule has 12 heteroatoms. The van der Waals surface area contributed by atoms with Gasteiger partial charge in [0, 0.05) is 32.4 Å². The number of carbonyl (C=O) groups is 1. The largest absolute Gasteiger partial charge is 0.417 e. The second kappa shape index (κ2) is 10.5. The van der Waals surface area contributed by atoms with Crippen molar-refractivity contribution in [2.45, 2.75) is 12.1 Å². The lowest BCUT2D eigenvalue weighted by molar-refractivity contribution is -0.138. The molecule has 0 spiro atoms. The van der Waals surface area contributed by atoms with Crippen LogP contribution in [0.4, 0.5) is 23.4 Å². The Morgan fingerprint density at radius 3 is 2.52 bits per heavy atom. The van der Waals surface area contributed by atoms with Crippen LogP contribution in [0.3, 0.4) is 0 Å². The molecule has 0 bridgehead atoms. The third-order valence-electron chi connectivity index (χ3n) is 4.92. The Balaban J connectivity index is 1.48. The summed E-state index contributed by atoms with van der Waals surface area (Å²) in [6.07, 6.45) is -2.59. The van der Waals surface area contributed by atoms with Gasteiger partial charge in [0.2, 0.25) is 0 Å². The number of rotatable bonds is 6. The van der Waals surface area contributed by atoms with Crippen LogP contribution in [0.5, 0.6) is 0 Å². The van der Waals surface area contributed by atoms with E-state index >= 15 is 0 Å². The molecule has 0 saturated carbocycles. The maximum absolute atomic E-state index is 13.0. The number of anilines is 1. The van der Waals surface area contributed by atoms with E-state index in [0.29, 0.717) is 31.7 Å². The topological polar surface area (TPSA) is 81.8 Å². The Kier molecular flexibility index (Phi) is 7.71. The van der Waals surface area contributed by atoms with Gasteiger partial charge in [-0.25, -0.2) is 9.37 Å². The van der Waals surface area contributed by atoms with Gasteiger partial charge in [-0.15, -0.1) is 0 Å². The van der Waals surface area contributed by atoms with Crippen LogP contribution in [0.2, 0.25) is 5.02 Å². The molecule has 1 fully saturated rings. The maximum atomic E-state index is 13.0. The molecule has 0 aliphatic carbocycles. The van der Waals surface area contributed by atoms with Crippen molar-refractivity contribution in [2.75, 3.05) is 37.7 Å². The van der Waals surface area contributed by atoms with Gasteiger partial charge < -0.3 is 14.6 Å². The lowest BCUT2D eigenvalue weighted by Crippen LogP contribution is -2.50. The summed E-state index contributed by atoms with van der Waals surface area (Å²) in [5.41, 5.74) is -0.398. The third-order valence-corrected chi connectivity index (χ3v) is 5.20. The van der Waals surface area contributed by atoms with Crippen molar-refractivity contribution >= 4 is 29.5 Å². The Morgan fingerprint density at radius 2 is 1.94 bits per heavy atom. The lowest BCUT2D eigenvalue weighted by Gasteiger charge is -2.35. The maximum Gasteiger partial charge on any atom is 0.417 e. The highest BCUT2D eigenvalue weighted by Crippen LogP contribution is 2.33. The molecule has 1 aromatic heterocycles. The summed E-state index contributed by atoms with van der Waals surface area (Å²) in [5.74, 6) is -1.30. The van der Waals surface area contributed by atoms with Gasteiger partial charge in [-0.05, 0) is 23.8 Å². The number of nitriles is 1. The molecule has 7 nitrogen and oxygen atoms in total. The molecule has 33 heavy (non-hydrogen) atoms. The number of hydrogen-bond acceptors (Lipinski definition) is 6. The molecule has 0 radical (unpaired) electrons. The molecule has 1 unspecified atom stereocenters. The van der Waals surface area contributed by atoms with E-state index in [9.17, 15) is 27.6 Å². The fraction of sp³-hybridized carbons (Fsp3) is 0.333. The number of piperazine rings is 1. The van der Waals surface area contributed by atoms with E-state index in [1.165, 1.54) is 35.4 Å². The van der Waals surface area contributed by atoms with Gasteiger partial charge in [-0.2, -0.15) is 18.4 Å². The van der Waals surface area contributed by atoms with Gasteiger partial charge in [-0.1, -0.05) is 28.9 Å². The van der Waals surface area contributed by atoms with Gasteiger partial charge in [0.25, 0.3) is 5.91 Å². The summed E-state index contributed by atoms with van der Waals surface area (Å²) in [6.45, 7) is 0.891. The fourth-order valence-corrected chi connectivity index (χ4v) is 3.42. The van der Waals surface area contributed by atoms with E-state index in [4.69, 9.17) is 16.4 Å². The van der Waals surface area contributed by atoms with Gasteiger partial charge in [0.05, 0.1) is 22.9 Å². The number of halogens is 5. The smallest absolute Gasteiger partial charge is 0.386 e. The third kappa shape index (κ3) is 6.32. The van der Waals surface area contributed by atoms with Crippen LogP contribution < -0.4 is 4.90 Å². The zero-order chi connectivity index (χ0) is 24.0. The van der Waals surface area contributed by atoms with Crippen molar-refractivity contribution in [3.8, 4) is 6.07 Å². The van der Waals surface area contributed by atoms with Crippen molar-refractivity contribution in [3.63, 3.8) is 0 Å². The van der Waals surface area contributed by atoms with Crippen molar-refractivity contribution in [2.24, 2.45) is 5.16 Å². The second-order valence-electron chi connectivity index (χ2n) is 7.08. The van der Waals surface area contributed by atoms with Gasteiger partial charge in [0.1, 0.15) is 17.6 Å². The minimum atomic E-state index is -4.53. The van der Waals surface area contributed by atoms with Crippen LogP contribution in [0.25, 0.3) is 0 Å². The van der Waals surface area contributed by atoms with E-state index in [0.717, 1.165) is 12.3 Å². The molecular formula is C21H18ClF4N5O2. The molecule has 3 rings (SSSR count). The first-order chi connectivity index (χ1) is 15.7. The molecule has 1 aromatic carbocycles. The first-order valence-electron chi connectivity index (χ1n) is 9.75. The lowest BCUT2D eigenvalue weighted by atomic mass is 10.0. The molecule has 1 saturated heterocycles. The minimum absolute atomic E-state index is 0.115. The van der Waals surface area contributed by atoms with Gasteiger partial charge >= 0.3 is 6.18 Å². The normalized spacial score (nSPS) is 15.4. The highest BCUT2D eigenvalue weighted by atomic mass is 35.5. The summed E-state index contributed by atoms with van der Waals surface area (Å²) in [4.78, 5) is 24.4. The summed E-state index contributed by atoms with van der Waals surface area (Å²) in [5, 5.41) is 12.8. The average molecular weight is 484 g/mol. The van der Waals surface area contributed by atoms with E-state index < -0.39 is 23.5 Å². The quantitative estimate of drug-likeness (QED) is 0.354. The van der Waals surface area contributed by atoms with Crippen LogP contribution in [-0.4, -0.2) is 54.8 Å². The number of aromatic nitrogens is 1. The SMILES string of the molecule is N#CC(C=NOCC(=O)N1CCN(c2ncc(C(F)(F)F)cc2Cl)CC1)c1ccc(F)cc1. The average Bonchev–Trinajstić information content (AvgIpc) is 2.79. The van der Waals surface area contributed by atoms with E-state index in [1.807, 2.05) is 6.07 Å². The predicted octanol–water partition coefficient (Wildman–Crippen LogP) is 3.85.